The number of carbonyl (C=O) groups is 1. The van der Waals surface area contributed by atoms with E-state index in [2.05, 4.69) is 13.8 Å². The van der Waals surface area contributed by atoms with Crippen LogP contribution < -0.4 is 0 Å². The molecule has 3 nitrogen and oxygen atoms in total. The van der Waals surface area contributed by atoms with Crippen molar-refractivity contribution in [2.75, 3.05) is 0 Å². The zero-order chi connectivity index (χ0) is 11.6. The van der Waals surface area contributed by atoms with E-state index >= 15 is 0 Å². The van der Waals surface area contributed by atoms with Gasteiger partial charge in [0, 0.05) is 0 Å². The highest BCUT2D eigenvalue weighted by molar-refractivity contribution is 5.75. The minimum absolute atomic E-state index is 0.333. The van der Waals surface area contributed by atoms with Gasteiger partial charge in [0.1, 0.15) is 5.92 Å². The number of allylic oxidation sites excluding steroid dienone is 2. The first-order valence-corrected chi connectivity index (χ1v) is 5.24. The molecule has 3 unspecified atom stereocenters. The molecular weight excluding hydrogens is 192 g/mol. The smallest absolute Gasteiger partial charge is 0.313 e. The van der Waals surface area contributed by atoms with Crippen molar-refractivity contribution in [1.29, 1.82) is 0 Å². The van der Waals surface area contributed by atoms with Crippen molar-refractivity contribution in [3.05, 3.63) is 23.8 Å². The first kappa shape index (κ1) is 12.0. The summed E-state index contributed by atoms with van der Waals surface area (Å²) in [4.78, 5) is 11.0. The Bertz CT molecular complexity index is 313. The van der Waals surface area contributed by atoms with Crippen LogP contribution in [0.3, 0.4) is 0 Å². The van der Waals surface area contributed by atoms with E-state index in [-0.39, 0.29) is 0 Å². The molecule has 0 fully saturated rings. The number of hydrogen-bond acceptors (Lipinski definition) is 2. The van der Waals surface area contributed by atoms with E-state index in [4.69, 9.17) is 5.11 Å². The summed E-state index contributed by atoms with van der Waals surface area (Å²) in [7, 11) is 0. The van der Waals surface area contributed by atoms with Gasteiger partial charge in [-0.1, -0.05) is 32.1 Å². The molecule has 1 rings (SSSR count). The standard InChI is InChI=1S/C12H18O3/c1-4-8(2)9-5-6-12(3,15)10(7-9)11(13)14/h5-8,10,15H,4H2,1-3H3,(H,13,14). The molecule has 0 aromatic rings. The molecule has 3 atom stereocenters. The van der Waals surface area contributed by atoms with Crippen LogP contribution in [0.5, 0.6) is 0 Å². The fourth-order valence-electron chi connectivity index (χ4n) is 1.67. The summed E-state index contributed by atoms with van der Waals surface area (Å²) in [5.74, 6) is -1.49. The molecule has 2 N–H and O–H groups in total. The number of carboxylic acids is 1. The second kappa shape index (κ2) is 4.19. The Balaban J connectivity index is 2.98. The summed E-state index contributed by atoms with van der Waals surface area (Å²) in [6.07, 6.45) is 6.03. The van der Waals surface area contributed by atoms with Crippen LogP contribution >= 0.6 is 0 Å². The van der Waals surface area contributed by atoms with Crippen LogP contribution in [0.15, 0.2) is 23.8 Å². The van der Waals surface area contributed by atoms with Gasteiger partial charge < -0.3 is 10.2 Å². The van der Waals surface area contributed by atoms with Crippen LogP contribution in [0.2, 0.25) is 0 Å². The molecule has 0 heterocycles. The molecule has 0 aromatic heterocycles. The second-order valence-corrected chi connectivity index (χ2v) is 4.35. The van der Waals surface area contributed by atoms with E-state index in [1.807, 2.05) is 6.08 Å². The molecule has 1 aliphatic rings. The number of aliphatic carboxylic acids is 1. The summed E-state index contributed by atoms with van der Waals surface area (Å²) in [5.41, 5.74) is -0.278. The number of rotatable bonds is 3. The Kier molecular flexibility index (Phi) is 3.35. The Labute approximate surface area is 90.1 Å². The molecule has 84 valence electrons. The van der Waals surface area contributed by atoms with Crippen LogP contribution in [0, 0.1) is 11.8 Å². The minimum Gasteiger partial charge on any atom is -0.481 e. The van der Waals surface area contributed by atoms with Gasteiger partial charge in [-0.2, -0.15) is 0 Å². The van der Waals surface area contributed by atoms with Gasteiger partial charge in [0.25, 0.3) is 0 Å². The van der Waals surface area contributed by atoms with Crippen molar-refractivity contribution in [2.45, 2.75) is 32.8 Å². The minimum atomic E-state index is -1.28. The van der Waals surface area contributed by atoms with Gasteiger partial charge in [0.05, 0.1) is 5.60 Å². The van der Waals surface area contributed by atoms with Crippen LogP contribution in [0.1, 0.15) is 27.2 Å². The highest BCUT2D eigenvalue weighted by Gasteiger charge is 2.36. The summed E-state index contributed by atoms with van der Waals surface area (Å²) in [5, 5.41) is 18.9. The Morgan fingerprint density at radius 1 is 1.67 bits per heavy atom. The molecule has 0 aromatic carbocycles. The fourth-order valence-corrected chi connectivity index (χ4v) is 1.67. The van der Waals surface area contributed by atoms with Crippen LogP contribution in [0.25, 0.3) is 0 Å². The molecule has 0 bridgehead atoms. The van der Waals surface area contributed by atoms with E-state index in [0.29, 0.717) is 5.92 Å². The Morgan fingerprint density at radius 2 is 2.27 bits per heavy atom. The predicted octanol–water partition coefficient (Wildman–Crippen LogP) is 1.98. The van der Waals surface area contributed by atoms with Gasteiger partial charge in [-0.15, -0.1) is 0 Å². The first-order valence-electron chi connectivity index (χ1n) is 5.24. The van der Waals surface area contributed by atoms with Crippen molar-refractivity contribution in [3.8, 4) is 0 Å². The van der Waals surface area contributed by atoms with Crippen molar-refractivity contribution in [1.82, 2.24) is 0 Å². The first-order chi connectivity index (χ1) is 6.88. The van der Waals surface area contributed by atoms with Gasteiger partial charge in [-0.25, -0.2) is 0 Å². The third kappa shape index (κ3) is 2.48. The molecule has 0 saturated carbocycles. The molecule has 0 amide bonds. The maximum Gasteiger partial charge on any atom is 0.313 e. The average molecular weight is 210 g/mol. The van der Waals surface area contributed by atoms with Crippen molar-refractivity contribution in [2.24, 2.45) is 11.8 Å². The van der Waals surface area contributed by atoms with E-state index in [9.17, 15) is 9.90 Å². The summed E-state index contributed by atoms with van der Waals surface area (Å²) in [6.45, 7) is 5.63. The van der Waals surface area contributed by atoms with E-state index in [0.717, 1.165) is 12.0 Å². The van der Waals surface area contributed by atoms with Crippen LogP contribution in [-0.2, 0) is 4.79 Å². The van der Waals surface area contributed by atoms with Crippen LogP contribution in [-0.4, -0.2) is 21.8 Å². The van der Waals surface area contributed by atoms with E-state index < -0.39 is 17.5 Å². The quantitative estimate of drug-likeness (QED) is 0.748. The number of aliphatic hydroxyl groups is 1. The van der Waals surface area contributed by atoms with Gasteiger partial charge in [0.2, 0.25) is 0 Å². The van der Waals surface area contributed by atoms with Gasteiger partial charge in [-0.05, 0) is 24.8 Å². The molecule has 15 heavy (non-hydrogen) atoms. The monoisotopic (exact) mass is 210 g/mol. The zero-order valence-corrected chi connectivity index (χ0v) is 9.40. The van der Waals surface area contributed by atoms with Gasteiger partial charge in [-0.3, -0.25) is 4.79 Å². The number of hydrogen-bond donors (Lipinski definition) is 2. The summed E-state index contributed by atoms with van der Waals surface area (Å²) >= 11 is 0. The SMILES string of the molecule is CCC(C)C1=CC(C(=O)O)C(C)(O)C=C1. The van der Waals surface area contributed by atoms with Gasteiger partial charge in [0.15, 0.2) is 0 Å². The lowest BCUT2D eigenvalue weighted by Crippen LogP contribution is -2.38. The lowest BCUT2D eigenvalue weighted by atomic mass is 9.80. The van der Waals surface area contributed by atoms with Crippen LogP contribution in [0.4, 0.5) is 0 Å². The fraction of sp³-hybridized carbons (Fsp3) is 0.583. The van der Waals surface area contributed by atoms with Crippen molar-refractivity contribution < 1.29 is 15.0 Å². The molecule has 0 aliphatic heterocycles. The van der Waals surface area contributed by atoms with Crippen molar-refractivity contribution >= 4 is 5.97 Å². The average Bonchev–Trinajstić information content (AvgIpc) is 2.15. The lowest BCUT2D eigenvalue weighted by Gasteiger charge is -2.29. The van der Waals surface area contributed by atoms with Gasteiger partial charge >= 0.3 is 5.97 Å². The molecule has 1 aliphatic carbocycles. The van der Waals surface area contributed by atoms with E-state index in [1.54, 1.807) is 12.2 Å². The molecular formula is C12H18O3. The topological polar surface area (TPSA) is 57.5 Å². The molecule has 3 heteroatoms. The highest BCUT2D eigenvalue weighted by atomic mass is 16.4. The Morgan fingerprint density at radius 3 is 2.73 bits per heavy atom. The van der Waals surface area contributed by atoms with Crippen molar-refractivity contribution in [3.63, 3.8) is 0 Å². The maximum absolute atomic E-state index is 11.0. The number of carboxylic acid groups (broad SMARTS) is 1. The van der Waals surface area contributed by atoms with E-state index in [1.165, 1.54) is 6.92 Å². The third-order valence-electron chi connectivity index (χ3n) is 3.05. The normalized spacial score (nSPS) is 32.3. The summed E-state index contributed by atoms with van der Waals surface area (Å²) < 4.78 is 0. The maximum atomic E-state index is 11.0. The third-order valence-corrected chi connectivity index (χ3v) is 3.05. The lowest BCUT2D eigenvalue weighted by molar-refractivity contribution is -0.145. The molecule has 0 radical (unpaired) electrons. The Hall–Kier alpha value is -1.09. The predicted molar refractivity (Wildman–Crippen MR) is 58.4 cm³/mol. The second-order valence-electron chi connectivity index (χ2n) is 4.35. The molecule has 0 spiro atoms. The highest BCUT2D eigenvalue weighted by Crippen LogP contribution is 2.30. The summed E-state index contributed by atoms with van der Waals surface area (Å²) in [6, 6.07) is 0. The zero-order valence-electron chi connectivity index (χ0n) is 9.40. The largest absolute Gasteiger partial charge is 0.481 e. The molecule has 0 saturated heterocycles.